The monoisotopic (exact) mass is 326 g/mol. The van der Waals surface area contributed by atoms with Crippen LogP contribution in [0, 0.1) is 5.92 Å². The van der Waals surface area contributed by atoms with Crippen LogP contribution in [0.25, 0.3) is 0 Å². The van der Waals surface area contributed by atoms with Gasteiger partial charge in [-0.1, -0.05) is 6.07 Å². The van der Waals surface area contributed by atoms with Gasteiger partial charge in [0.2, 0.25) is 5.91 Å². The number of nitrogens with one attached hydrogen (secondary N) is 1. The highest BCUT2D eigenvalue weighted by Gasteiger charge is 2.30. The van der Waals surface area contributed by atoms with E-state index in [1.807, 2.05) is 0 Å². The third-order valence-electron chi connectivity index (χ3n) is 3.16. The number of carboxylic acid groups (broad SMARTS) is 1. The number of amides is 1. The molecule has 1 atom stereocenters. The van der Waals surface area contributed by atoms with Crippen LogP contribution in [-0.2, 0) is 4.79 Å². The smallest absolute Gasteiger partial charge is 0.337 e. The molecule has 0 aromatic heterocycles. The van der Waals surface area contributed by atoms with E-state index in [0.29, 0.717) is 10.4 Å². The Kier molecular flexibility index (Phi) is 4.21. The highest BCUT2D eigenvalue weighted by molar-refractivity contribution is 9.10. The molecule has 102 valence electrons. The molecule has 4 N–H and O–H groups in total. The number of carbonyl (C=O) groups is 2. The van der Waals surface area contributed by atoms with Gasteiger partial charge in [0.25, 0.3) is 0 Å². The van der Waals surface area contributed by atoms with Gasteiger partial charge in [0.05, 0.1) is 11.3 Å². The number of hydrogen-bond acceptors (Lipinski definition) is 3. The molecule has 5 nitrogen and oxygen atoms in total. The number of hydrogen-bond donors (Lipinski definition) is 3. The molecule has 1 unspecified atom stereocenters. The molecule has 19 heavy (non-hydrogen) atoms. The minimum absolute atomic E-state index is 0.0581. The van der Waals surface area contributed by atoms with E-state index in [2.05, 4.69) is 21.2 Å². The maximum atomic E-state index is 11.9. The number of para-hydroxylation sites is 1. The lowest BCUT2D eigenvalue weighted by molar-refractivity contribution is -0.116. The highest BCUT2D eigenvalue weighted by Crippen LogP contribution is 2.33. The summed E-state index contributed by atoms with van der Waals surface area (Å²) < 4.78 is 0.542. The third kappa shape index (κ3) is 3.54. The third-order valence-corrected chi connectivity index (χ3v) is 3.82. The Morgan fingerprint density at radius 2 is 2.16 bits per heavy atom. The predicted molar refractivity (Wildman–Crippen MR) is 75.0 cm³/mol. The summed E-state index contributed by atoms with van der Waals surface area (Å²) in [6.45, 7) is 0. The van der Waals surface area contributed by atoms with Crippen molar-refractivity contribution in [3.8, 4) is 0 Å². The van der Waals surface area contributed by atoms with E-state index >= 15 is 0 Å². The molecular weight excluding hydrogens is 312 g/mol. The summed E-state index contributed by atoms with van der Waals surface area (Å²) in [5, 5.41) is 11.7. The minimum atomic E-state index is -1.08. The zero-order valence-electron chi connectivity index (χ0n) is 10.2. The lowest BCUT2D eigenvalue weighted by Crippen LogP contribution is -2.29. The first-order valence-electron chi connectivity index (χ1n) is 6.06. The first-order valence-corrected chi connectivity index (χ1v) is 6.85. The number of nitrogens with two attached hydrogens (primary N) is 1. The van der Waals surface area contributed by atoms with E-state index in [9.17, 15) is 9.59 Å². The molecule has 1 saturated carbocycles. The van der Waals surface area contributed by atoms with Gasteiger partial charge in [-0.3, -0.25) is 4.79 Å². The summed E-state index contributed by atoms with van der Waals surface area (Å²) in [5.74, 6) is -0.902. The molecule has 0 radical (unpaired) electrons. The number of carboxylic acids is 1. The topological polar surface area (TPSA) is 92.4 Å². The largest absolute Gasteiger partial charge is 0.478 e. The van der Waals surface area contributed by atoms with Crippen molar-refractivity contribution in [2.45, 2.75) is 25.3 Å². The van der Waals surface area contributed by atoms with Crippen molar-refractivity contribution in [2.75, 3.05) is 5.32 Å². The van der Waals surface area contributed by atoms with E-state index < -0.39 is 5.97 Å². The molecule has 0 saturated heterocycles. The second kappa shape index (κ2) is 5.71. The van der Waals surface area contributed by atoms with E-state index in [-0.39, 0.29) is 29.6 Å². The normalized spacial score (nSPS) is 15.9. The molecule has 6 heteroatoms. The standard InChI is InChI=1S/C13H15BrN2O3/c14-9-3-1-2-8(13(18)19)12(9)16-11(17)6-10(15)7-4-5-7/h1-3,7,10H,4-6,15H2,(H,16,17)(H,18,19). The van der Waals surface area contributed by atoms with Crippen LogP contribution in [0.2, 0.25) is 0 Å². The van der Waals surface area contributed by atoms with E-state index in [4.69, 9.17) is 10.8 Å². The second-order valence-electron chi connectivity index (χ2n) is 4.72. The Bertz CT molecular complexity index is 515. The Morgan fingerprint density at radius 3 is 2.74 bits per heavy atom. The van der Waals surface area contributed by atoms with Crippen LogP contribution < -0.4 is 11.1 Å². The number of aromatic carboxylic acids is 1. The summed E-state index contributed by atoms with van der Waals surface area (Å²) in [5.41, 5.74) is 6.22. The molecule has 1 amide bonds. The lowest BCUT2D eigenvalue weighted by Gasteiger charge is -2.13. The average molecular weight is 327 g/mol. The van der Waals surface area contributed by atoms with E-state index in [0.717, 1.165) is 12.8 Å². The fraction of sp³-hybridized carbons (Fsp3) is 0.385. The second-order valence-corrected chi connectivity index (χ2v) is 5.58. The van der Waals surface area contributed by atoms with Crippen molar-refractivity contribution in [1.82, 2.24) is 0 Å². The van der Waals surface area contributed by atoms with Crippen LogP contribution in [0.1, 0.15) is 29.6 Å². The molecule has 0 bridgehead atoms. The Morgan fingerprint density at radius 1 is 1.47 bits per heavy atom. The van der Waals surface area contributed by atoms with Crippen LogP contribution >= 0.6 is 15.9 Å². The molecule has 0 spiro atoms. The van der Waals surface area contributed by atoms with Crippen molar-refractivity contribution >= 4 is 33.5 Å². The van der Waals surface area contributed by atoms with Crippen LogP contribution in [0.3, 0.4) is 0 Å². The minimum Gasteiger partial charge on any atom is -0.478 e. The Balaban J connectivity index is 2.09. The highest BCUT2D eigenvalue weighted by atomic mass is 79.9. The summed E-state index contributed by atoms with van der Waals surface area (Å²) >= 11 is 3.24. The Hall–Kier alpha value is -1.40. The van der Waals surface area contributed by atoms with Crippen LogP contribution in [0.4, 0.5) is 5.69 Å². The van der Waals surface area contributed by atoms with Crippen molar-refractivity contribution in [3.05, 3.63) is 28.2 Å². The van der Waals surface area contributed by atoms with E-state index in [1.165, 1.54) is 6.07 Å². The number of halogens is 1. The van der Waals surface area contributed by atoms with Crippen molar-refractivity contribution in [2.24, 2.45) is 11.7 Å². The average Bonchev–Trinajstić information content (AvgIpc) is 3.15. The lowest BCUT2D eigenvalue weighted by atomic mass is 10.1. The zero-order valence-corrected chi connectivity index (χ0v) is 11.8. The molecule has 1 aliphatic carbocycles. The molecule has 2 rings (SSSR count). The number of rotatable bonds is 5. The molecule has 1 aliphatic rings. The quantitative estimate of drug-likeness (QED) is 0.773. The van der Waals surface area contributed by atoms with Crippen LogP contribution in [-0.4, -0.2) is 23.0 Å². The van der Waals surface area contributed by atoms with Crippen molar-refractivity contribution in [3.63, 3.8) is 0 Å². The summed E-state index contributed by atoms with van der Waals surface area (Å²) in [6.07, 6.45) is 2.36. The molecule has 1 aromatic carbocycles. The van der Waals surface area contributed by atoms with Crippen molar-refractivity contribution in [1.29, 1.82) is 0 Å². The summed E-state index contributed by atoms with van der Waals surface area (Å²) in [6, 6.07) is 4.60. The van der Waals surface area contributed by atoms with Gasteiger partial charge in [-0.05, 0) is 46.8 Å². The van der Waals surface area contributed by atoms with Crippen LogP contribution in [0.5, 0.6) is 0 Å². The number of carbonyl (C=O) groups excluding carboxylic acids is 1. The fourth-order valence-corrected chi connectivity index (χ4v) is 2.39. The molecule has 0 heterocycles. The molecule has 1 aromatic rings. The molecule has 1 fully saturated rings. The maximum absolute atomic E-state index is 11.9. The first kappa shape index (κ1) is 14.0. The van der Waals surface area contributed by atoms with Gasteiger partial charge in [0, 0.05) is 16.9 Å². The molecular formula is C13H15BrN2O3. The number of benzene rings is 1. The summed E-state index contributed by atoms with van der Waals surface area (Å²) in [7, 11) is 0. The first-order chi connectivity index (χ1) is 8.99. The Labute approximate surface area is 119 Å². The number of anilines is 1. The predicted octanol–water partition coefficient (Wildman–Crippen LogP) is 2.21. The maximum Gasteiger partial charge on any atom is 0.337 e. The summed E-state index contributed by atoms with van der Waals surface area (Å²) in [4.78, 5) is 23.0. The van der Waals surface area contributed by atoms with Crippen molar-refractivity contribution < 1.29 is 14.7 Å². The van der Waals surface area contributed by atoms with Gasteiger partial charge in [-0.25, -0.2) is 4.79 Å². The van der Waals surface area contributed by atoms with Gasteiger partial charge in [-0.15, -0.1) is 0 Å². The van der Waals surface area contributed by atoms with E-state index in [1.54, 1.807) is 12.1 Å². The van der Waals surface area contributed by atoms with Gasteiger partial charge in [0.1, 0.15) is 0 Å². The zero-order chi connectivity index (χ0) is 14.0. The fourth-order valence-electron chi connectivity index (χ4n) is 1.92. The van der Waals surface area contributed by atoms with Gasteiger partial charge in [0.15, 0.2) is 0 Å². The molecule has 0 aliphatic heterocycles. The van der Waals surface area contributed by atoms with Gasteiger partial charge in [-0.2, -0.15) is 0 Å². The van der Waals surface area contributed by atoms with Gasteiger partial charge >= 0.3 is 5.97 Å². The van der Waals surface area contributed by atoms with Gasteiger partial charge < -0.3 is 16.2 Å². The van der Waals surface area contributed by atoms with Crippen LogP contribution in [0.15, 0.2) is 22.7 Å². The SMILES string of the molecule is NC(CC(=O)Nc1c(Br)cccc1C(=O)O)C1CC1.